The standard InChI is InChI=1S/C10H7Cl2N3O4S2/c11-5-2-1-3-6(12)9(5)14-21(18,19)8-4-7(15(16)17)10(13)20-8/h1-4,14H,13H2. The minimum atomic E-state index is -4.08. The maximum absolute atomic E-state index is 12.2. The largest absolute Gasteiger partial charge is 0.385 e. The second-order valence-corrected chi connectivity index (χ2v) is 7.58. The van der Waals surface area contributed by atoms with Crippen molar-refractivity contribution >= 4 is 60.9 Å². The zero-order chi connectivity index (χ0) is 15.8. The Morgan fingerprint density at radius 2 is 1.86 bits per heavy atom. The minimum Gasteiger partial charge on any atom is -0.385 e. The van der Waals surface area contributed by atoms with Crippen molar-refractivity contribution in [3.63, 3.8) is 0 Å². The average molecular weight is 368 g/mol. The molecule has 11 heteroatoms. The third-order valence-electron chi connectivity index (χ3n) is 2.38. The number of anilines is 2. The molecule has 0 spiro atoms. The highest BCUT2D eigenvalue weighted by Gasteiger charge is 2.26. The quantitative estimate of drug-likeness (QED) is 0.634. The van der Waals surface area contributed by atoms with Crippen molar-refractivity contribution < 1.29 is 13.3 Å². The highest BCUT2D eigenvalue weighted by atomic mass is 35.5. The van der Waals surface area contributed by atoms with Crippen LogP contribution >= 0.6 is 34.5 Å². The molecule has 7 nitrogen and oxygen atoms in total. The van der Waals surface area contributed by atoms with Crippen LogP contribution in [0.1, 0.15) is 0 Å². The van der Waals surface area contributed by atoms with Crippen molar-refractivity contribution in [1.29, 1.82) is 0 Å². The Morgan fingerprint density at radius 3 is 2.33 bits per heavy atom. The van der Waals surface area contributed by atoms with Gasteiger partial charge in [0.1, 0.15) is 4.21 Å². The SMILES string of the molecule is Nc1sc(S(=O)(=O)Nc2c(Cl)cccc2Cl)cc1[N+](=O)[O-]. The zero-order valence-corrected chi connectivity index (χ0v) is 13.2. The molecule has 1 heterocycles. The topological polar surface area (TPSA) is 115 Å². The maximum atomic E-state index is 12.2. The Morgan fingerprint density at radius 1 is 1.29 bits per heavy atom. The highest BCUT2D eigenvalue weighted by molar-refractivity contribution is 7.94. The molecule has 0 unspecified atom stereocenters. The molecule has 1 aromatic heterocycles. The number of nitrogens with zero attached hydrogens (tertiary/aromatic N) is 1. The molecule has 0 atom stereocenters. The number of para-hydroxylation sites is 1. The van der Waals surface area contributed by atoms with Gasteiger partial charge in [-0.15, -0.1) is 0 Å². The molecule has 0 saturated carbocycles. The molecule has 0 radical (unpaired) electrons. The van der Waals surface area contributed by atoms with Gasteiger partial charge in [0, 0.05) is 6.07 Å². The van der Waals surface area contributed by atoms with Crippen LogP contribution in [0.5, 0.6) is 0 Å². The normalized spacial score (nSPS) is 11.3. The minimum absolute atomic E-state index is 0.00421. The summed E-state index contributed by atoms with van der Waals surface area (Å²) in [7, 11) is -4.08. The Hall–Kier alpha value is -1.55. The summed E-state index contributed by atoms with van der Waals surface area (Å²) in [6, 6.07) is 5.34. The molecule has 2 aromatic rings. The fourth-order valence-electron chi connectivity index (χ4n) is 1.43. The lowest BCUT2D eigenvalue weighted by atomic mass is 10.3. The molecule has 112 valence electrons. The van der Waals surface area contributed by atoms with Crippen molar-refractivity contribution in [2.75, 3.05) is 10.5 Å². The van der Waals surface area contributed by atoms with Crippen molar-refractivity contribution in [3.8, 4) is 0 Å². The molecule has 0 bridgehead atoms. The summed E-state index contributed by atoms with van der Waals surface area (Å²) in [4.78, 5) is 9.95. The number of hydrogen-bond acceptors (Lipinski definition) is 6. The number of halogens is 2. The molecule has 3 N–H and O–H groups in total. The molecular formula is C10H7Cl2N3O4S2. The summed E-state index contributed by atoms with van der Waals surface area (Å²) < 4.78 is 26.3. The number of nitrogen functional groups attached to an aromatic ring is 1. The first-order valence-corrected chi connectivity index (χ1v) is 8.28. The molecule has 0 fully saturated rings. The lowest BCUT2D eigenvalue weighted by Gasteiger charge is -2.09. The molecule has 0 amide bonds. The van der Waals surface area contributed by atoms with Gasteiger partial charge in [-0.2, -0.15) is 0 Å². The van der Waals surface area contributed by atoms with Crippen LogP contribution in [0.3, 0.4) is 0 Å². The molecule has 0 aliphatic heterocycles. The van der Waals surface area contributed by atoms with Gasteiger partial charge < -0.3 is 5.73 Å². The highest BCUT2D eigenvalue weighted by Crippen LogP contribution is 2.37. The third kappa shape index (κ3) is 3.21. The molecule has 0 aliphatic carbocycles. The van der Waals surface area contributed by atoms with Crippen LogP contribution in [-0.2, 0) is 10.0 Å². The first-order chi connectivity index (χ1) is 9.72. The van der Waals surface area contributed by atoms with Gasteiger partial charge in [0.05, 0.1) is 20.7 Å². The van der Waals surface area contributed by atoms with Gasteiger partial charge >= 0.3 is 5.69 Å². The second-order valence-electron chi connectivity index (χ2n) is 3.77. The van der Waals surface area contributed by atoms with Gasteiger partial charge in [-0.25, -0.2) is 8.42 Å². The summed E-state index contributed by atoms with van der Waals surface area (Å²) in [5, 5.41) is 10.7. The number of sulfonamides is 1. The van der Waals surface area contributed by atoms with Crippen LogP contribution < -0.4 is 10.5 Å². The molecule has 0 saturated heterocycles. The fourth-order valence-corrected chi connectivity index (χ4v) is 4.35. The van der Waals surface area contributed by atoms with E-state index in [4.69, 9.17) is 28.9 Å². The molecule has 21 heavy (non-hydrogen) atoms. The predicted molar refractivity (Wildman–Crippen MR) is 82.7 cm³/mol. The van der Waals surface area contributed by atoms with Crippen molar-refractivity contribution in [1.82, 2.24) is 0 Å². The summed E-state index contributed by atoms with van der Waals surface area (Å²) in [5.74, 6) is 0. The molecular weight excluding hydrogens is 361 g/mol. The molecule has 0 aliphatic rings. The Kier molecular flexibility index (Phi) is 4.28. The average Bonchev–Trinajstić information content (AvgIpc) is 2.77. The van der Waals surface area contributed by atoms with Gasteiger partial charge in [-0.1, -0.05) is 40.6 Å². The van der Waals surface area contributed by atoms with Crippen LogP contribution in [0.4, 0.5) is 16.4 Å². The Bertz CT molecular complexity index is 799. The van der Waals surface area contributed by atoms with Gasteiger partial charge in [0.2, 0.25) is 0 Å². The number of nitrogens with two attached hydrogens (primary N) is 1. The molecule has 1 aromatic carbocycles. The monoisotopic (exact) mass is 367 g/mol. The first-order valence-electron chi connectivity index (χ1n) is 5.23. The molecule has 2 rings (SSSR count). The van der Waals surface area contributed by atoms with Crippen molar-refractivity contribution in [2.45, 2.75) is 4.21 Å². The van der Waals surface area contributed by atoms with E-state index in [1.165, 1.54) is 12.1 Å². The number of nitrogens with one attached hydrogen (secondary N) is 1. The first kappa shape index (κ1) is 15.8. The predicted octanol–water partition coefficient (Wildman–Crippen LogP) is 3.35. The van der Waals surface area contributed by atoms with Gasteiger partial charge in [-0.05, 0) is 12.1 Å². The number of benzene rings is 1. The fraction of sp³-hybridized carbons (Fsp3) is 0. The van der Waals surface area contributed by atoms with E-state index in [0.29, 0.717) is 11.3 Å². The van der Waals surface area contributed by atoms with E-state index in [9.17, 15) is 18.5 Å². The summed E-state index contributed by atoms with van der Waals surface area (Å²) in [6.07, 6.45) is 0. The third-order valence-corrected chi connectivity index (χ3v) is 5.79. The smallest absolute Gasteiger partial charge is 0.304 e. The second kappa shape index (κ2) is 5.68. The summed E-state index contributed by atoms with van der Waals surface area (Å²) in [6.45, 7) is 0. The van der Waals surface area contributed by atoms with E-state index in [-0.39, 0.29) is 24.9 Å². The Labute approximate surface area is 133 Å². The Balaban J connectivity index is 2.44. The zero-order valence-electron chi connectivity index (χ0n) is 10.0. The van der Waals surface area contributed by atoms with E-state index in [1.807, 2.05) is 0 Å². The lowest BCUT2D eigenvalue weighted by Crippen LogP contribution is -2.12. The lowest BCUT2D eigenvalue weighted by molar-refractivity contribution is -0.383. The van der Waals surface area contributed by atoms with E-state index >= 15 is 0 Å². The number of thiophene rings is 1. The number of hydrogen-bond donors (Lipinski definition) is 2. The number of rotatable bonds is 4. The van der Waals surface area contributed by atoms with E-state index < -0.39 is 20.6 Å². The van der Waals surface area contributed by atoms with Crippen LogP contribution in [0, 0.1) is 10.1 Å². The van der Waals surface area contributed by atoms with Gasteiger partial charge in [0.25, 0.3) is 10.0 Å². The van der Waals surface area contributed by atoms with Crippen molar-refractivity contribution in [3.05, 3.63) is 44.4 Å². The van der Waals surface area contributed by atoms with Crippen LogP contribution in [0.2, 0.25) is 10.0 Å². The van der Waals surface area contributed by atoms with Crippen LogP contribution in [0.15, 0.2) is 28.5 Å². The van der Waals surface area contributed by atoms with Crippen molar-refractivity contribution in [2.24, 2.45) is 0 Å². The van der Waals surface area contributed by atoms with E-state index in [2.05, 4.69) is 4.72 Å². The maximum Gasteiger partial charge on any atom is 0.304 e. The van der Waals surface area contributed by atoms with Crippen LogP contribution in [-0.4, -0.2) is 13.3 Å². The summed E-state index contributed by atoms with van der Waals surface area (Å²) >= 11 is 12.3. The van der Waals surface area contributed by atoms with E-state index in [0.717, 1.165) is 6.07 Å². The van der Waals surface area contributed by atoms with Crippen LogP contribution in [0.25, 0.3) is 0 Å². The van der Waals surface area contributed by atoms with Gasteiger partial charge in [-0.3, -0.25) is 14.8 Å². The summed E-state index contributed by atoms with van der Waals surface area (Å²) in [5.41, 5.74) is 4.95. The van der Waals surface area contributed by atoms with E-state index in [1.54, 1.807) is 6.07 Å². The van der Waals surface area contributed by atoms with Gasteiger partial charge in [0.15, 0.2) is 5.00 Å². The number of nitro groups is 1.